The molecule has 78 valence electrons. The Morgan fingerprint density at radius 2 is 2.12 bits per heavy atom. The fraction of sp³-hybridized carbons (Fsp3) is 0.385. The van der Waals surface area contributed by atoms with Gasteiger partial charge in [-0.15, -0.1) is 0 Å². The lowest BCUT2D eigenvalue weighted by molar-refractivity contribution is 0.0994. The minimum absolute atomic E-state index is 0.250. The number of hydrogen-bond donors (Lipinski definition) is 0. The van der Waals surface area contributed by atoms with E-state index in [1.165, 1.54) is 11.1 Å². The molecule has 2 nitrogen and oxygen atoms in total. The number of Topliss-reactive ketones (excluding diaryl/α,β-unsaturated/α-hetero) is 1. The van der Waals surface area contributed by atoms with Crippen LogP contribution in [0.15, 0.2) is 18.2 Å². The molecule has 0 saturated carbocycles. The van der Waals surface area contributed by atoms with Gasteiger partial charge in [-0.3, -0.25) is 4.79 Å². The molecule has 0 amide bonds. The molecule has 0 radical (unpaired) electrons. The van der Waals surface area contributed by atoms with Gasteiger partial charge in [0.05, 0.1) is 0 Å². The van der Waals surface area contributed by atoms with E-state index in [2.05, 4.69) is 18.1 Å². The van der Waals surface area contributed by atoms with E-state index in [1.807, 2.05) is 6.07 Å². The molecular weight excluding hydrogens is 197 g/mol. The van der Waals surface area contributed by atoms with Crippen LogP contribution in [-0.2, 0) is 6.42 Å². The maximum atomic E-state index is 11.5. The molecule has 1 aromatic rings. The fourth-order valence-electron chi connectivity index (χ4n) is 2.72. The molecule has 1 heterocycles. The Balaban J connectivity index is 1.84. The van der Waals surface area contributed by atoms with E-state index < -0.39 is 0 Å². The lowest BCUT2D eigenvalue weighted by Gasteiger charge is -2.28. The third-order valence-electron chi connectivity index (χ3n) is 3.84. The quantitative estimate of drug-likeness (QED) is 0.666. The van der Waals surface area contributed by atoms with Gasteiger partial charge in [0.15, 0.2) is 5.78 Å². The first-order valence-electron chi connectivity index (χ1n) is 5.83. The number of nitriles is 1. The lowest BCUT2D eigenvalue weighted by Crippen LogP contribution is -2.28. The summed E-state index contributed by atoms with van der Waals surface area (Å²) in [4.78, 5) is 11.5. The third-order valence-corrected chi connectivity index (χ3v) is 3.84. The molecule has 3 rings (SSSR count). The van der Waals surface area contributed by atoms with Gasteiger partial charge in [-0.25, -0.2) is 5.26 Å². The molecular formula is C13H12BNO. The Morgan fingerprint density at radius 3 is 2.88 bits per heavy atom. The van der Waals surface area contributed by atoms with Gasteiger partial charge in [-0.05, 0) is 23.5 Å². The molecule has 0 bridgehead atoms. The number of aryl methyl sites for hydroxylation is 1. The maximum absolute atomic E-state index is 11.5. The zero-order valence-corrected chi connectivity index (χ0v) is 9.07. The van der Waals surface area contributed by atoms with Crippen LogP contribution in [0.4, 0.5) is 0 Å². The van der Waals surface area contributed by atoms with Crippen LogP contribution in [0.1, 0.15) is 33.8 Å². The van der Waals surface area contributed by atoms with Crippen molar-refractivity contribution in [3.63, 3.8) is 0 Å². The molecule has 1 saturated heterocycles. The second-order valence-electron chi connectivity index (χ2n) is 4.83. The summed E-state index contributed by atoms with van der Waals surface area (Å²) in [6.45, 7) is 0.250. The summed E-state index contributed by atoms with van der Waals surface area (Å²) >= 11 is 0. The fourth-order valence-corrected chi connectivity index (χ4v) is 2.72. The van der Waals surface area contributed by atoms with Crippen molar-refractivity contribution in [3.8, 4) is 5.97 Å². The number of benzene rings is 1. The summed E-state index contributed by atoms with van der Waals surface area (Å²) in [5.41, 5.74) is 3.45. The summed E-state index contributed by atoms with van der Waals surface area (Å²) in [7, 11) is 0. The van der Waals surface area contributed by atoms with E-state index in [1.54, 1.807) is 0 Å². The van der Waals surface area contributed by atoms with Gasteiger partial charge >= 0.3 is 0 Å². The predicted octanol–water partition coefficient (Wildman–Crippen LogP) is 2.47. The number of fused-ring (bicyclic) bond motifs is 1. The third kappa shape index (κ3) is 1.37. The van der Waals surface area contributed by atoms with Crippen LogP contribution in [0, 0.1) is 11.2 Å². The summed E-state index contributed by atoms with van der Waals surface area (Å²) in [5, 5.41) is 8.75. The van der Waals surface area contributed by atoms with Gasteiger partial charge < -0.3 is 0 Å². The molecule has 0 atom stereocenters. The number of carbonyl (C=O) groups is 1. The van der Waals surface area contributed by atoms with Gasteiger partial charge in [-0.2, -0.15) is 0 Å². The SMILES string of the molecule is N#CB1CC(c2ccc3c(c2)CCC3=O)C1. The van der Waals surface area contributed by atoms with E-state index in [4.69, 9.17) is 5.26 Å². The van der Waals surface area contributed by atoms with Gasteiger partial charge in [0.25, 0.3) is 6.71 Å². The van der Waals surface area contributed by atoms with Crippen molar-refractivity contribution in [2.45, 2.75) is 31.4 Å². The average Bonchev–Trinajstić information content (AvgIpc) is 2.59. The summed E-state index contributed by atoms with van der Waals surface area (Å²) in [5.74, 6) is 3.14. The summed E-state index contributed by atoms with van der Waals surface area (Å²) < 4.78 is 0. The predicted molar refractivity (Wildman–Crippen MR) is 62.8 cm³/mol. The van der Waals surface area contributed by atoms with Crippen molar-refractivity contribution in [1.29, 1.82) is 5.26 Å². The van der Waals surface area contributed by atoms with Crippen LogP contribution < -0.4 is 0 Å². The smallest absolute Gasteiger partial charge is 0.269 e. The molecule has 1 aliphatic carbocycles. The van der Waals surface area contributed by atoms with E-state index in [-0.39, 0.29) is 12.5 Å². The second-order valence-corrected chi connectivity index (χ2v) is 4.83. The number of rotatable bonds is 1. The van der Waals surface area contributed by atoms with Crippen molar-refractivity contribution in [2.75, 3.05) is 0 Å². The highest BCUT2D eigenvalue weighted by atomic mass is 16.1. The summed E-state index contributed by atoms with van der Waals surface area (Å²) in [6, 6.07) is 6.22. The van der Waals surface area contributed by atoms with Crippen molar-refractivity contribution in [3.05, 3.63) is 34.9 Å². The van der Waals surface area contributed by atoms with Crippen LogP contribution in [0.25, 0.3) is 0 Å². The molecule has 0 unspecified atom stereocenters. The Morgan fingerprint density at radius 1 is 1.31 bits per heavy atom. The van der Waals surface area contributed by atoms with Crippen molar-refractivity contribution in [2.24, 2.45) is 0 Å². The van der Waals surface area contributed by atoms with Gasteiger partial charge in [0.2, 0.25) is 0 Å². The van der Waals surface area contributed by atoms with Crippen molar-refractivity contribution >= 4 is 12.5 Å². The van der Waals surface area contributed by atoms with Crippen LogP contribution >= 0.6 is 0 Å². The monoisotopic (exact) mass is 209 g/mol. The molecule has 1 aromatic carbocycles. The molecule has 2 aliphatic rings. The average molecular weight is 209 g/mol. The van der Waals surface area contributed by atoms with Crippen LogP contribution in [0.2, 0.25) is 12.6 Å². The minimum atomic E-state index is 0.250. The molecule has 0 N–H and O–H groups in total. The topological polar surface area (TPSA) is 40.9 Å². The minimum Gasteiger partial charge on any atom is -0.294 e. The van der Waals surface area contributed by atoms with E-state index in [0.29, 0.717) is 12.3 Å². The first-order chi connectivity index (χ1) is 7.78. The zero-order valence-electron chi connectivity index (χ0n) is 9.07. The second kappa shape index (κ2) is 3.48. The highest BCUT2D eigenvalue weighted by Gasteiger charge is 2.34. The van der Waals surface area contributed by atoms with Crippen LogP contribution in [0.3, 0.4) is 0 Å². The first-order valence-corrected chi connectivity index (χ1v) is 5.83. The first kappa shape index (κ1) is 9.66. The molecule has 3 heteroatoms. The van der Waals surface area contributed by atoms with Gasteiger partial charge in [-0.1, -0.05) is 30.8 Å². The molecule has 1 fully saturated rings. The zero-order chi connectivity index (χ0) is 11.1. The Bertz CT molecular complexity index is 497. The largest absolute Gasteiger partial charge is 0.294 e. The Kier molecular flexibility index (Phi) is 2.10. The Hall–Kier alpha value is -1.56. The lowest BCUT2D eigenvalue weighted by atomic mass is 9.32. The van der Waals surface area contributed by atoms with Crippen LogP contribution in [-0.4, -0.2) is 12.5 Å². The highest BCUT2D eigenvalue weighted by Crippen LogP contribution is 2.39. The normalized spacial score (nSPS) is 19.2. The van der Waals surface area contributed by atoms with Crippen molar-refractivity contribution in [1.82, 2.24) is 0 Å². The van der Waals surface area contributed by atoms with E-state index >= 15 is 0 Å². The molecule has 16 heavy (non-hydrogen) atoms. The van der Waals surface area contributed by atoms with Gasteiger partial charge in [0.1, 0.15) is 0 Å². The molecule has 0 aromatic heterocycles. The summed E-state index contributed by atoms with van der Waals surface area (Å²) in [6.07, 6.45) is 3.55. The number of carbonyl (C=O) groups excluding carboxylic acids is 1. The van der Waals surface area contributed by atoms with E-state index in [0.717, 1.165) is 24.6 Å². The van der Waals surface area contributed by atoms with Crippen LogP contribution in [0.5, 0.6) is 0 Å². The van der Waals surface area contributed by atoms with Crippen molar-refractivity contribution < 1.29 is 4.79 Å². The van der Waals surface area contributed by atoms with Gasteiger partial charge in [0, 0.05) is 18.0 Å². The Labute approximate surface area is 95.4 Å². The highest BCUT2D eigenvalue weighted by molar-refractivity contribution is 6.70. The van der Waals surface area contributed by atoms with E-state index in [9.17, 15) is 4.79 Å². The molecule has 1 aliphatic heterocycles. The maximum Gasteiger partial charge on any atom is 0.269 e. The number of nitrogens with zero attached hydrogens (tertiary/aromatic N) is 1. The molecule has 0 spiro atoms. The number of hydrogen-bond acceptors (Lipinski definition) is 2. The number of ketones is 1. The standard InChI is InChI=1S/C13H12BNO/c15-8-14-6-11(7-14)9-1-3-12-10(5-9)2-4-13(12)16/h1,3,5,11H,2,4,6-7H2.